The van der Waals surface area contributed by atoms with Crippen LogP contribution in [-0.4, -0.2) is 50.2 Å². The number of nitrogens with zero attached hydrogens (tertiary/aromatic N) is 1. The molecule has 0 aliphatic carbocycles. The Morgan fingerprint density at radius 3 is 2.64 bits per heavy atom. The summed E-state index contributed by atoms with van der Waals surface area (Å²) < 4.78 is 4.54. The highest BCUT2D eigenvalue weighted by atomic mass is 16.5. The minimum absolute atomic E-state index is 0.135. The molecule has 6 heteroatoms. The Morgan fingerprint density at radius 1 is 1.50 bits per heavy atom. The van der Waals surface area contributed by atoms with Gasteiger partial charge in [0.1, 0.15) is 0 Å². The van der Waals surface area contributed by atoms with Crippen LogP contribution in [0.25, 0.3) is 0 Å². The molecule has 0 aromatic heterocycles. The van der Waals surface area contributed by atoms with Crippen LogP contribution >= 0.6 is 0 Å². The van der Waals surface area contributed by atoms with Gasteiger partial charge >= 0.3 is 6.09 Å². The number of nitrogens with one attached hydrogen (secondary N) is 1. The monoisotopic (exact) mass is 203 g/mol. The first-order valence-electron chi connectivity index (χ1n) is 4.45. The third-order valence-electron chi connectivity index (χ3n) is 1.44. The van der Waals surface area contributed by atoms with Gasteiger partial charge in [-0.2, -0.15) is 0 Å². The SMILES string of the molecule is CCOC(=O)NC(=O)CN(C)CCN. The van der Waals surface area contributed by atoms with E-state index in [4.69, 9.17) is 5.73 Å². The lowest BCUT2D eigenvalue weighted by Crippen LogP contribution is -2.40. The Balaban J connectivity index is 3.69. The highest BCUT2D eigenvalue weighted by molar-refractivity contribution is 5.92. The summed E-state index contributed by atoms with van der Waals surface area (Å²) >= 11 is 0. The summed E-state index contributed by atoms with van der Waals surface area (Å²) in [5, 5.41) is 2.09. The molecular weight excluding hydrogens is 186 g/mol. The van der Waals surface area contributed by atoms with Crippen LogP contribution in [0.5, 0.6) is 0 Å². The van der Waals surface area contributed by atoms with Crippen LogP contribution in [0.15, 0.2) is 0 Å². The summed E-state index contributed by atoms with van der Waals surface area (Å²) in [6, 6.07) is 0. The summed E-state index contributed by atoms with van der Waals surface area (Å²) in [5.41, 5.74) is 5.29. The highest BCUT2D eigenvalue weighted by Gasteiger charge is 2.09. The van der Waals surface area contributed by atoms with E-state index in [1.807, 2.05) is 0 Å². The van der Waals surface area contributed by atoms with Crippen LogP contribution in [0, 0.1) is 0 Å². The van der Waals surface area contributed by atoms with E-state index in [9.17, 15) is 9.59 Å². The maximum absolute atomic E-state index is 11.1. The Labute approximate surface area is 83.4 Å². The van der Waals surface area contributed by atoms with Gasteiger partial charge in [0.15, 0.2) is 0 Å². The van der Waals surface area contributed by atoms with Crippen molar-refractivity contribution in [3.8, 4) is 0 Å². The number of rotatable bonds is 5. The van der Waals surface area contributed by atoms with Crippen molar-refractivity contribution >= 4 is 12.0 Å². The molecule has 2 amide bonds. The summed E-state index contributed by atoms with van der Waals surface area (Å²) in [4.78, 5) is 23.6. The largest absolute Gasteiger partial charge is 0.450 e. The van der Waals surface area contributed by atoms with Gasteiger partial charge in [0, 0.05) is 13.1 Å². The molecule has 82 valence electrons. The van der Waals surface area contributed by atoms with E-state index >= 15 is 0 Å². The van der Waals surface area contributed by atoms with Crippen LogP contribution < -0.4 is 11.1 Å². The molecule has 0 aromatic rings. The van der Waals surface area contributed by atoms with E-state index in [2.05, 4.69) is 10.1 Å². The molecule has 0 spiro atoms. The fourth-order valence-electron chi connectivity index (χ4n) is 0.865. The molecule has 0 radical (unpaired) electrons. The second kappa shape index (κ2) is 7.28. The number of carbonyl (C=O) groups excluding carboxylic acids is 2. The maximum Gasteiger partial charge on any atom is 0.413 e. The van der Waals surface area contributed by atoms with Gasteiger partial charge in [-0.05, 0) is 14.0 Å². The smallest absolute Gasteiger partial charge is 0.413 e. The van der Waals surface area contributed by atoms with Gasteiger partial charge in [0.05, 0.1) is 13.2 Å². The quantitative estimate of drug-likeness (QED) is 0.608. The molecule has 0 unspecified atom stereocenters. The molecule has 14 heavy (non-hydrogen) atoms. The van der Waals surface area contributed by atoms with Gasteiger partial charge in [-0.3, -0.25) is 15.0 Å². The van der Waals surface area contributed by atoms with E-state index in [0.29, 0.717) is 13.1 Å². The summed E-state index contributed by atoms with van der Waals surface area (Å²) in [5.74, 6) is -0.389. The van der Waals surface area contributed by atoms with Gasteiger partial charge in [-0.25, -0.2) is 4.79 Å². The third kappa shape index (κ3) is 6.38. The molecule has 0 aromatic carbocycles. The fraction of sp³-hybridized carbons (Fsp3) is 0.750. The summed E-state index contributed by atoms with van der Waals surface area (Å²) in [6.07, 6.45) is -0.710. The Kier molecular flexibility index (Phi) is 6.69. The lowest BCUT2D eigenvalue weighted by molar-refractivity contribution is -0.121. The maximum atomic E-state index is 11.1. The Morgan fingerprint density at radius 2 is 2.14 bits per heavy atom. The topological polar surface area (TPSA) is 84.7 Å². The van der Waals surface area contributed by atoms with Crippen molar-refractivity contribution in [3.05, 3.63) is 0 Å². The first kappa shape index (κ1) is 12.9. The van der Waals surface area contributed by atoms with Crippen molar-refractivity contribution in [2.75, 3.05) is 33.3 Å². The zero-order chi connectivity index (χ0) is 11.0. The van der Waals surface area contributed by atoms with Crippen LogP contribution in [0.1, 0.15) is 6.92 Å². The minimum Gasteiger partial charge on any atom is -0.450 e. The van der Waals surface area contributed by atoms with E-state index < -0.39 is 6.09 Å². The number of nitrogens with two attached hydrogens (primary N) is 1. The van der Waals surface area contributed by atoms with Gasteiger partial charge in [-0.15, -0.1) is 0 Å². The number of carbonyl (C=O) groups is 2. The van der Waals surface area contributed by atoms with Crippen molar-refractivity contribution < 1.29 is 14.3 Å². The Hall–Kier alpha value is -1.14. The number of amides is 2. The van der Waals surface area contributed by atoms with E-state index in [-0.39, 0.29) is 19.1 Å². The average molecular weight is 203 g/mol. The fourth-order valence-corrected chi connectivity index (χ4v) is 0.865. The number of alkyl carbamates (subject to hydrolysis) is 1. The van der Waals surface area contributed by atoms with Crippen molar-refractivity contribution in [1.82, 2.24) is 10.2 Å². The lowest BCUT2D eigenvalue weighted by atomic mass is 10.5. The number of hydrogen-bond donors (Lipinski definition) is 2. The predicted octanol–water partition coefficient (Wildman–Crippen LogP) is -0.850. The summed E-state index contributed by atoms with van der Waals surface area (Å²) in [6.45, 7) is 3.14. The van der Waals surface area contributed by atoms with Crippen LogP contribution in [0.2, 0.25) is 0 Å². The second-order valence-corrected chi connectivity index (χ2v) is 2.80. The Bertz CT molecular complexity index is 196. The molecule has 0 rings (SSSR count). The second-order valence-electron chi connectivity index (χ2n) is 2.80. The van der Waals surface area contributed by atoms with Gasteiger partial charge in [0.25, 0.3) is 0 Å². The molecule has 0 saturated heterocycles. The van der Waals surface area contributed by atoms with Crippen molar-refractivity contribution in [3.63, 3.8) is 0 Å². The van der Waals surface area contributed by atoms with E-state index in [0.717, 1.165) is 0 Å². The van der Waals surface area contributed by atoms with E-state index in [1.54, 1.807) is 18.9 Å². The molecule has 6 nitrogen and oxygen atoms in total. The van der Waals surface area contributed by atoms with Crippen LogP contribution in [0.4, 0.5) is 4.79 Å². The molecule has 0 saturated carbocycles. The first-order valence-corrected chi connectivity index (χ1v) is 4.45. The lowest BCUT2D eigenvalue weighted by Gasteiger charge is -2.13. The minimum atomic E-state index is -0.710. The number of ether oxygens (including phenoxy) is 1. The van der Waals surface area contributed by atoms with Gasteiger partial charge in [-0.1, -0.05) is 0 Å². The van der Waals surface area contributed by atoms with Gasteiger partial charge in [0.2, 0.25) is 5.91 Å². The highest BCUT2D eigenvalue weighted by Crippen LogP contribution is 1.82. The van der Waals surface area contributed by atoms with Gasteiger partial charge < -0.3 is 10.5 Å². The number of likely N-dealkylation sites (N-methyl/N-ethyl adjacent to an activating group) is 1. The van der Waals surface area contributed by atoms with Crippen molar-refractivity contribution in [2.45, 2.75) is 6.92 Å². The van der Waals surface area contributed by atoms with Crippen LogP contribution in [-0.2, 0) is 9.53 Å². The standard InChI is InChI=1S/C8H17N3O3/c1-3-14-8(13)10-7(12)6-11(2)5-4-9/h3-6,9H2,1-2H3,(H,10,12,13). The normalized spacial score (nSPS) is 10.0. The number of imide groups is 1. The molecular formula is C8H17N3O3. The molecule has 0 bridgehead atoms. The molecule has 0 aliphatic heterocycles. The van der Waals surface area contributed by atoms with Crippen molar-refractivity contribution in [1.29, 1.82) is 0 Å². The zero-order valence-corrected chi connectivity index (χ0v) is 8.58. The van der Waals surface area contributed by atoms with E-state index in [1.165, 1.54) is 0 Å². The first-order chi connectivity index (χ1) is 6.60. The molecule has 0 atom stereocenters. The van der Waals surface area contributed by atoms with Crippen LogP contribution in [0.3, 0.4) is 0 Å². The molecule has 0 aliphatic rings. The average Bonchev–Trinajstić information content (AvgIpc) is 2.03. The zero-order valence-electron chi connectivity index (χ0n) is 8.58. The molecule has 3 N–H and O–H groups in total. The number of hydrogen-bond acceptors (Lipinski definition) is 5. The molecule has 0 fully saturated rings. The van der Waals surface area contributed by atoms with Crippen molar-refractivity contribution in [2.24, 2.45) is 5.73 Å². The molecule has 0 heterocycles. The third-order valence-corrected chi connectivity index (χ3v) is 1.44. The predicted molar refractivity (Wildman–Crippen MR) is 51.7 cm³/mol. The summed E-state index contributed by atoms with van der Waals surface area (Å²) in [7, 11) is 1.75.